The average molecular weight is 960 g/mol. The van der Waals surface area contributed by atoms with Crippen molar-refractivity contribution in [3.05, 3.63) is 168 Å². The van der Waals surface area contributed by atoms with Crippen molar-refractivity contribution in [2.45, 2.75) is 134 Å². The highest BCUT2D eigenvalue weighted by molar-refractivity contribution is 5.72. The van der Waals surface area contributed by atoms with Gasteiger partial charge in [-0.25, -0.2) is 0 Å². The Hall–Kier alpha value is -5.18. The van der Waals surface area contributed by atoms with E-state index >= 15 is 13.2 Å². The van der Waals surface area contributed by atoms with Gasteiger partial charge in [0, 0.05) is 11.1 Å². The van der Waals surface area contributed by atoms with Gasteiger partial charge in [-0.05, 0) is 147 Å². The smallest absolute Gasteiger partial charge is 0.331 e. The molecule has 372 valence electrons. The van der Waals surface area contributed by atoms with Crippen LogP contribution < -0.4 is 5.32 Å². The molecular formula is C62H73F6N2+. The first-order chi connectivity index (χ1) is 32.8. The Morgan fingerprint density at radius 1 is 0.457 bits per heavy atom. The Balaban J connectivity index is 1.09. The Kier molecular flexibility index (Phi) is 15.4. The third-order valence-electron chi connectivity index (χ3n) is 15.0. The first-order valence-corrected chi connectivity index (χ1v) is 25.1. The van der Waals surface area contributed by atoms with E-state index in [1.54, 1.807) is 60.7 Å². The molecule has 6 aromatic rings. The van der Waals surface area contributed by atoms with E-state index in [9.17, 15) is 13.2 Å². The number of halogens is 6. The predicted molar refractivity (Wildman–Crippen MR) is 279 cm³/mol. The van der Waals surface area contributed by atoms with Crippen LogP contribution in [0.25, 0.3) is 44.5 Å². The second-order valence-corrected chi connectivity index (χ2v) is 22.9. The van der Waals surface area contributed by atoms with Crippen molar-refractivity contribution in [1.29, 1.82) is 0 Å². The number of quaternary nitrogens is 1. The maximum Gasteiger partial charge on any atom is 0.402 e. The highest BCUT2D eigenvalue weighted by Gasteiger charge is 2.56. The number of hydrogen-bond acceptors (Lipinski definition) is 1. The molecule has 2 unspecified atom stereocenters. The molecule has 1 fully saturated rings. The Morgan fingerprint density at radius 2 is 0.800 bits per heavy atom. The van der Waals surface area contributed by atoms with E-state index in [2.05, 4.69) is 85.3 Å². The van der Waals surface area contributed by atoms with E-state index in [1.807, 2.05) is 60.7 Å². The summed E-state index contributed by atoms with van der Waals surface area (Å²) in [6.45, 7) is 12.9. The number of nitrogens with one attached hydrogen (secondary N) is 1. The molecule has 2 nitrogen and oxygen atoms in total. The van der Waals surface area contributed by atoms with Gasteiger partial charge in [0.05, 0.1) is 33.1 Å². The van der Waals surface area contributed by atoms with Crippen LogP contribution in [0.4, 0.5) is 26.3 Å². The van der Waals surface area contributed by atoms with E-state index in [0.717, 1.165) is 81.2 Å². The minimum Gasteiger partial charge on any atom is -0.331 e. The summed E-state index contributed by atoms with van der Waals surface area (Å²) < 4.78 is 93.3. The summed E-state index contributed by atoms with van der Waals surface area (Å²) >= 11 is 0. The summed E-state index contributed by atoms with van der Waals surface area (Å²) in [6.07, 6.45) is -4.00. The fourth-order valence-electron chi connectivity index (χ4n) is 11.4. The summed E-state index contributed by atoms with van der Waals surface area (Å²) in [5.41, 5.74) is 4.72. The van der Waals surface area contributed by atoms with Gasteiger partial charge in [-0.2, -0.15) is 26.3 Å². The number of unbranched alkanes of at least 4 members (excludes halogenated alkanes) is 2. The molecule has 1 aliphatic rings. The molecule has 1 heterocycles. The summed E-state index contributed by atoms with van der Waals surface area (Å²) in [5.74, 6) is 0.363. The molecule has 0 bridgehead atoms. The molecule has 2 atom stereocenters. The van der Waals surface area contributed by atoms with Gasteiger partial charge >= 0.3 is 12.4 Å². The first kappa shape index (κ1) is 52.6. The first-order valence-electron chi connectivity index (χ1n) is 25.1. The molecule has 1 saturated heterocycles. The topological polar surface area (TPSA) is 12.0 Å². The zero-order valence-corrected chi connectivity index (χ0v) is 42.7. The van der Waals surface area contributed by atoms with Crippen LogP contribution >= 0.6 is 0 Å². The minimum atomic E-state index is -4.58. The molecule has 70 heavy (non-hydrogen) atoms. The number of piperidine rings is 1. The molecule has 0 radical (unpaired) electrons. The summed E-state index contributed by atoms with van der Waals surface area (Å²) in [4.78, 5) is 0. The van der Waals surface area contributed by atoms with Crippen LogP contribution in [0.1, 0.15) is 115 Å². The summed E-state index contributed by atoms with van der Waals surface area (Å²) in [6, 6.07) is 44.6. The van der Waals surface area contributed by atoms with E-state index in [4.69, 9.17) is 0 Å². The number of alkyl halides is 6. The van der Waals surface area contributed by atoms with Gasteiger partial charge in [-0.1, -0.05) is 170 Å². The summed E-state index contributed by atoms with van der Waals surface area (Å²) in [7, 11) is 6.29. The fraction of sp³-hybridized carbons (Fsp3) is 0.419. The molecular weight excluding hydrogens is 887 g/mol. The largest absolute Gasteiger partial charge is 0.402 e. The van der Waals surface area contributed by atoms with Crippen LogP contribution in [0.2, 0.25) is 0 Å². The van der Waals surface area contributed by atoms with Crippen LogP contribution in [-0.4, -0.2) is 55.6 Å². The quantitative estimate of drug-likeness (QED) is 0.0546. The lowest BCUT2D eigenvalue weighted by atomic mass is 9.70. The van der Waals surface area contributed by atoms with Crippen LogP contribution in [-0.2, 0) is 10.8 Å². The predicted octanol–water partition coefficient (Wildman–Crippen LogP) is 17.3. The SMILES string of the molecule is Cc1ccc(-c2ccc(-c3ccc(C(CCCCC[N+](C)(C)C)(c4ccc(-c5ccc(-c6ccc(C(C)(CCCC7CC(C)(C)NC(C)(C)C7)C(F)(F)F)cc6)cc5)cc4)C(F)(F)F)cc3)cc2)cc1. The van der Waals surface area contributed by atoms with Gasteiger partial charge in [0.15, 0.2) is 0 Å². The molecule has 0 amide bonds. The molecule has 0 saturated carbocycles. The zero-order valence-electron chi connectivity index (χ0n) is 42.7. The molecule has 0 aliphatic carbocycles. The highest BCUT2D eigenvalue weighted by atomic mass is 19.4. The number of nitrogens with zero attached hydrogens (tertiary/aromatic N) is 1. The van der Waals surface area contributed by atoms with Crippen molar-refractivity contribution in [2.75, 3.05) is 27.7 Å². The van der Waals surface area contributed by atoms with Gasteiger partial charge in [0.1, 0.15) is 5.41 Å². The van der Waals surface area contributed by atoms with Crippen molar-refractivity contribution in [2.24, 2.45) is 5.92 Å². The molecule has 7 rings (SSSR count). The van der Waals surface area contributed by atoms with Crippen molar-refractivity contribution >= 4 is 0 Å². The highest BCUT2D eigenvalue weighted by Crippen LogP contribution is 2.51. The minimum absolute atomic E-state index is 0.0198. The second kappa shape index (κ2) is 20.5. The molecule has 1 N–H and O–H groups in total. The van der Waals surface area contributed by atoms with Crippen molar-refractivity contribution in [3.63, 3.8) is 0 Å². The average Bonchev–Trinajstić information content (AvgIpc) is 3.29. The van der Waals surface area contributed by atoms with E-state index in [1.165, 1.54) is 12.5 Å². The Bertz CT molecular complexity index is 2600. The fourth-order valence-corrected chi connectivity index (χ4v) is 11.4. The molecule has 0 aromatic heterocycles. The number of rotatable bonds is 17. The lowest BCUT2D eigenvalue weighted by Gasteiger charge is -2.47. The van der Waals surface area contributed by atoms with Crippen LogP contribution in [0.15, 0.2) is 146 Å². The molecule has 0 spiro atoms. The van der Waals surface area contributed by atoms with Gasteiger partial charge in [-0.3, -0.25) is 0 Å². The van der Waals surface area contributed by atoms with Crippen LogP contribution in [0, 0.1) is 12.8 Å². The number of aryl methyl sites for hydroxylation is 1. The van der Waals surface area contributed by atoms with Gasteiger partial charge < -0.3 is 9.80 Å². The molecule has 8 heteroatoms. The lowest BCUT2D eigenvalue weighted by Crippen LogP contribution is -2.57. The Morgan fingerprint density at radius 3 is 1.14 bits per heavy atom. The van der Waals surface area contributed by atoms with Crippen molar-refractivity contribution in [3.8, 4) is 44.5 Å². The molecule has 6 aromatic carbocycles. The lowest BCUT2D eigenvalue weighted by molar-refractivity contribution is -0.870. The third kappa shape index (κ3) is 12.3. The maximum absolute atomic E-state index is 16.0. The number of benzene rings is 6. The monoisotopic (exact) mass is 960 g/mol. The van der Waals surface area contributed by atoms with Crippen molar-refractivity contribution < 1.29 is 30.8 Å². The van der Waals surface area contributed by atoms with Crippen molar-refractivity contribution in [1.82, 2.24) is 5.32 Å². The van der Waals surface area contributed by atoms with E-state index in [0.29, 0.717) is 25.2 Å². The second-order valence-electron chi connectivity index (χ2n) is 22.9. The number of hydrogen-bond donors (Lipinski definition) is 1. The standard InChI is InChI=1S/C62H73F6N2/c1-44-15-17-46(18-16-44)47-19-21-49(22-20-47)52-29-35-55(36-30-52)60(62(66,67)68,40-11-10-12-41-70(7,8)9)56-37-31-53(32-38-56)50-25-23-48(24-26-50)51-27-33-54(34-28-51)59(6,61(63,64)65)39-13-14-45-42-57(2,3)69-58(4,5)43-45/h15-38,45,69H,10-14,39-43H2,1-9H3/q+1. The van der Waals surface area contributed by atoms with Crippen LogP contribution in [0.5, 0.6) is 0 Å². The van der Waals surface area contributed by atoms with Gasteiger partial charge in [0.25, 0.3) is 0 Å². The Labute approximate surface area is 414 Å². The van der Waals surface area contributed by atoms with Gasteiger partial charge in [0.2, 0.25) is 0 Å². The third-order valence-corrected chi connectivity index (χ3v) is 15.0. The van der Waals surface area contributed by atoms with Gasteiger partial charge in [-0.15, -0.1) is 0 Å². The maximum atomic E-state index is 16.0. The van der Waals surface area contributed by atoms with E-state index < -0.39 is 23.2 Å². The molecule has 1 aliphatic heterocycles. The summed E-state index contributed by atoms with van der Waals surface area (Å²) in [5, 5.41) is 3.67. The normalized spacial score (nSPS) is 17.2. The van der Waals surface area contributed by atoms with E-state index in [-0.39, 0.29) is 40.6 Å². The zero-order chi connectivity index (χ0) is 50.8. The van der Waals surface area contributed by atoms with Crippen LogP contribution in [0.3, 0.4) is 0 Å².